The van der Waals surface area contributed by atoms with Crippen molar-refractivity contribution in [3.05, 3.63) is 54.1 Å². The maximum atomic E-state index is 12.5. The van der Waals surface area contributed by atoms with Gasteiger partial charge in [0.2, 0.25) is 0 Å². The van der Waals surface area contributed by atoms with E-state index in [1.807, 2.05) is 30.3 Å². The first kappa shape index (κ1) is 15.7. The van der Waals surface area contributed by atoms with Crippen molar-refractivity contribution in [2.24, 2.45) is 0 Å². The molecule has 2 aliphatic heterocycles. The van der Waals surface area contributed by atoms with Gasteiger partial charge in [0.05, 0.1) is 5.69 Å². The van der Waals surface area contributed by atoms with E-state index in [-0.39, 0.29) is 0 Å². The summed E-state index contributed by atoms with van der Waals surface area (Å²) >= 11 is 0. The second-order valence-electron chi connectivity index (χ2n) is 6.40. The zero-order chi connectivity index (χ0) is 17.2. The number of anilines is 1. The Morgan fingerprint density at radius 3 is 2.36 bits per heavy atom. The Morgan fingerprint density at radius 1 is 0.840 bits per heavy atom. The quantitative estimate of drug-likeness (QED) is 0.738. The minimum atomic E-state index is -0.583. The SMILES string of the molecule is O=C(OC(=O)N1CCc2c(-c3ccccc3)cccc21)N1CCCC1. The molecule has 0 spiro atoms. The summed E-state index contributed by atoms with van der Waals surface area (Å²) < 4.78 is 5.09. The molecule has 2 amide bonds. The van der Waals surface area contributed by atoms with Gasteiger partial charge in [-0.25, -0.2) is 9.59 Å². The number of benzene rings is 2. The van der Waals surface area contributed by atoms with E-state index >= 15 is 0 Å². The Balaban J connectivity index is 1.55. The normalized spacial score (nSPS) is 16.0. The first-order valence-corrected chi connectivity index (χ1v) is 8.69. The zero-order valence-electron chi connectivity index (χ0n) is 14.0. The third kappa shape index (κ3) is 2.97. The van der Waals surface area contributed by atoms with E-state index in [1.165, 1.54) is 0 Å². The summed E-state index contributed by atoms with van der Waals surface area (Å²) in [7, 11) is 0. The highest BCUT2D eigenvalue weighted by molar-refractivity contribution is 5.97. The van der Waals surface area contributed by atoms with Gasteiger partial charge in [-0.3, -0.25) is 4.90 Å². The third-order valence-electron chi connectivity index (χ3n) is 4.87. The predicted molar refractivity (Wildman–Crippen MR) is 95.6 cm³/mol. The number of nitrogens with zero attached hydrogens (tertiary/aromatic N) is 2. The summed E-state index contributed by atoms with van der Waals surface area (Å²) in [5, 5.41) is 0. The van der Waals surface area contributed by atoms with Crippen LogP contribution in [0.1, 0.15) is 18.4 Å². The van der Waals surface area contributed by atoms with Crippen molar-refractivity contribution >= 4 is 17.9 Å². The number of hydrogen-bond donors (Lipinski definition) is 0. The summed E-state index contributed by atoms with van der Waals surface area (Å²) in [6.45, 7) is 1.87. The molecule has 128 valence electrons. The van der Waals surface area contributed by atoms with Crippen molar-refractivity contribution in [1.29, 1.82) is 0 Å². The Bertz CT molecular complexity index is 798. The van der Waals surface area contributed by atoms with Gasteiger partial charge in [0.1, 0.15) is 0 Å². The van der Waals surface area contributed by atoms with Crippen LogP contribution in [0, 0.1) is 0 Å². The second kappa shape index (κ2) is 6.59. The van der Waals surface area contributed by atoms with Crippen LogP contribution in [0.2, 0.25) is 0 Å². The van der Waals surface area contributed by atoms with Crippen LogP contribution in [-0.4, -0.2) is 36.7 Å². The van der Waals surface area contributed by atoms with Crippen LogP contribution >= 0.6 is 0 Å². The number of carbonyl (C=O) groups is 2. The molecule has 0 atom stereocenters. The largest absolute Gasteiger partial charge is 0.423 e. The van der Waals surface area contributed by atoms with Gasteiger partial charge < -0.3 is 9.64 Å². The van der Waals surface area contributed by atoms with E-state index in [2.05, 4.69) is 18.2 Å². The molecule has 0 unspecified atom stereocenters. The summed E-state index contributed by atoms with van der Waals surface area (Å²) in [6, 6.07) is 16.0. The summed E-state index contributed by atoms with van der Waals surface area (Å²) in [5.41, 5.74) is 4.21. The minimum Gasteiger partial charge on any atom is -0.359 e. The van der Waals surface area contributed by atoms with Gasteiger partial charge in [0.25, 0.3) is 0 Å². The van der Waals surface area contributed by atoms with Gasteiger partial charge in [0, 0.05) is 19.6 Å². The Morgan fingerprint density at radius 2 is 1.60 bits per heavy atom. The molecule has 2 aromatic carbocycles. The Labute approximate surface area is 146 Å². The Kier molecular flexibility index (Phi) is 4.14. The number of carbonyl (C=O) groups excluding carboxylic acids is 2. The molecule has 0 N–H and O–H groups in total. The third-order valence-corrected chi connectivity index (χ3v) is 4.87. The van der Waals surface area contributed by atoms with E-state index in [0.717, 1.165) is 41.6 Å². The molecular weight excluding hydrogens is 316 g/mol. The van der Waals surface area contributed by atoms with E-state index in [0.29, 0.717) is 19.6 Å². The standard InChI is InChI=1S/C20H20N2O3/c23-19(21-12-4-5-13-21)25-20(24)22-14-11-17-16(9-6-10-18(17)22)15-7-2-1-3-8-15/h1-3,6-10H,4-5,11-14H2. The number of amides is 2. The van der Waals surface area contributed by atoms with Crippen molar-refractivity contribution in [2.75, 3.05) is 24.5 Å². The van der Waals surface area contributed by atoms with E-state index in [4.69, 9.17) is 4.74 Å². The zero-order valence-corrected chi connectivity index (χ0v) is 14.0. The lowest BCUT2D eigenvalue weighted by atomic mass is 9.98. The molecule has 2 heterocycles. The number of likely N-dealkylation sites (tertiary alicyclic amines) is 1. The van der Waals surface area contributed by atoms with Gasteiger partial charge in [-0.15, -0.1) is 0 Å². The summed E-state index contributed by atoms with van der Waals surface area (Å²) in [5.74, 6) is 0. The monoisotopic (exact) mass is 336 g/mol. The molecule has 5 nitrogen and oxygen atoms in total. The molecule has 2 aliphatic rings. The van der Waals surface area contributed by atoms with Crippen molar-refractivity contribution in [2.45, 2.75) is 19.3 Å². The Hall–Kier alpha value is -2.82. The van der Waals surface area contributed by atoms with Crippen LogP contribution in [0.3, 0.4) is 0 Å². The molecular formula is C20H20N2O3. The van der Waals surface area contributed by atoms with Crippen LogP contribution in [0.4, 0.5) is 15.3 Å². The smallest absolute Gasteiger partial charge is 0.359 e. The average Bonchev–Trinajstić information content (AvgIpc) is 3.32. The lowest BCUT2D eigenvalue weighted by molar-refractivity contribution is 0.128. The molecule has 4 rings (SSSR count). The van der Waals surface area contributed by atoms with E-state index < -0.39 is 12.2 Å². The van der Waals surface area contributed by atoms with Crippen molar-refractivity contribution in [3.8, 4) is 11.1 Å². The predicted octanol–water partition coefficient (Wildman–Crippen LogP) is 4.07. The van der Waals surface area contributed by atoms with Crippen LogP contribution in [0.15, 0.2) is 48.5 Å². The maximum absolute atomic E-state index is 12.5. The van der Waals surface area contributed by atoms with Gasteiger partial charge in [-0.2, -0.15) is 0 Å². The number of fused-ring (bicyclic) bond motifs is 1. The lowest BCUT2D eigenvalue weighted by Crippen LogP contribution is -2.36. The molecule has 2 aromatic rings. The first-order chi connectivity index (χ1) is 12.2. The maximum Gasteiger partial charge on any atom is 0.423 e. The molecule has 1 saturated heterocycles. The first-order valence-electron chi connectivity index (χ1n) is 8.69. The lowest BCUT2D eigenvalue weighted by Gasteiger charge is -2.19. The number of hydrogen-bond acceptors (Lipinski definition) is 3. The molecule has 0 aliphatic carbocycles. The van der Waals surface area contributed by atoms with Crippen molar-refractivity contribution in [3.63, 3.8) is 0 Å². The highest BCUT2D eigenvalue weighted by Gasteiger charge is 2.31. The van der Waals surface area contributed by atoms with Gasteiger partial charge in [-0.05, 0) is 42.0 Å². The number of ether oxygens (including phenoxy) is 1. The fourth-order valence-electron chi connectivity index (χ4n) is 3.61. The fraction of sp³-hybridized carbons (Fsp3) is 0.300. The average molecular weight is 336 g/mol. The van der Waals surface area contributed by atoms with E-state index in [9.17, 15) is 9.59 Å². The molecule has 0 bridgehead atoms. The van der Waals surface area contributed by atoms with Gasteiger partial charge >= 0.3 is 12.2 Å². The van der Waals surface area contributed by atoms with Gasteiger partial charge in [-0.1, -0.05) is 42.5 Å². The molecule has 1 fully saturated rings. The summed E-state index contributed by atoms with van der Waals surface area (Å²) in [4.78, 5) is 27.7. The highest BCUT2D eigenvalue weighted by atomic mass is 16.6. The van der Waals surface area contributed by atoms with Crippen LogP contribution in [0.5, 0.6) is 0 Å². The highest BCUT2D eigenvalue weighted by Crippen LogP contribution is 2.36. The van der Waals surface area contributed by atoms with Crippen molar-refractivity contribution in [1.82, 2.24) is 4.90 Å². The molecule has 0 saturated carbocycles. The molecule has 25 heavy (non-hydrogen) atoms. The fourth-order valence-corrected chi connectivity index (χ4v) is 3.61. The second-order valence-corrected chi connectivity index (χ2v) is 6.40. The molecule has 5 heteroatoms. The van der Waals surface area contributed by atoms with Crippen LogP contribution < -0.4 is 4.90 Å². The van der Waals surface area contributed by atoms with Crippen LogP contribution in [-0.2, 0) is 11.2 Å². The van der Waals surface area contributed by atoms with E-state index in [1.54, 1.807) is 9.80 Å². The van der Waals surface area contributed by atoms with Gasteiger partial charge in [0.15, 0.2) is 0 Å². The minimum absolute atomic E-state index is 0.532. The molecule has 0 aromatic heterocycles. The summed E-state index contributed by atoms with van der Waals surface area (Å²) in [6.07, 6.45) is 1.58. The number of rotatable bonds is 1. The van der Waals surface area contributed by atoms with Crippen molar-refractivity contribution < 1.29 is 14.3 Å². The molecule has 0 radical (unpaired) electrons. The van der Waals surface area contributed by atoms with Crippen LogP contribution in [0.25, 0.3) is 11.1 Å². The topological polar surface area (TPSA) is 49.9 Å².